The molecule has 0 saturated heterocycles. The molecule has 0 radical (unpaired) electrons. The largest absolute Gasteiger partial charge is 0.493 e. The van der Waals surface area contributed by atoms with Crippen LogP contribution in [0.4, 0.5) is 0 Å². The van der Waals surface area contributed by atoms with Crippen molar-refractivity contribution in [2.75, 3.05) is 6.61 Å². The van der Waals surface area contributed by atoms with Gasteiger partial charge in [0.15, 0.2) is 0 Å². The van der Waals surface area contributed by atoms with Gasteiger partial charge < -0.3 is 4.74 Å². The van der Waals surface area contributed by atoms with Crippen LogP contribution in [0, 0.1) is 5.92 Å². The molecule has 1 aliphatic heterocycles. The molecule has 0 aromatic heterocycles. The van der Waals surface area contributed by atoms with Crippen LogP contribution in [0.3, 0.4) is 0 Å². The van der Waals surface area contributed by atoms with E-state index in [4.69, 9.17) is 4.74 Å². The second kappa shape index (κ2) is 3.64. The number of benzene rings is 1. The number of hydrogen-bond acceptors (Lipinski definition) is 1. The van der Waals surface area contributed by atoms with E-state index in [1.54, 1.807) is 0 Å². The molecular formula is C13H18O. The van der Waals surface area contributed by atoms with Crippen LogP contribution in [0.25, 0.3) is 0 Å². The maximum Gasteiger partial charge on any atom is 0.123 e. The van der Waals surface area contributed by atoms with E-state index in [2.05, 4.69) is 39.0 Å². The van der Waals surface area contributed by atoms with Crippen molar-refractivity contribution in [3.63, 3.8) is 0 Å². The first kappa shape index (κ1) is 9.57. The predicted molar refractivity (Wildman–Crippen MR) is 58.9 cm³/mol. The van der Waals surface area contributed by atoms with Crippen LogP contribution < -0.4 is 4.74 Å². The van der Waals surface area contributed by atoms with E-state index in [0.29, 0.717) is 11.8 Å². The molecule has 0 bridgehead atoms. The van der Waals surface area contributed by atoms with Gasteiger partial charge in [-0.05, 0) is 24.0 Å². The van der Waals surface area contributed by atoms with Crippen LogP contribution in [-0.4, -0.2) is 6.61 Å². The van der Waals surface area contributed by atoms with Crippen molar-refractivity contribution < 1.29 is 4.74 Å². The van der Waals surface area contributed by atoms with Gasteiger partial charge in [-0.25, -0.2) is 0 Å². The molecule has 14 heavy (non-hydrogen) atoms. The van der Waals surface area contributed by atoms with Crippen molar-refractivity contribution in [3.8, 4) is 5.75 Å². The minimum absolute atomic E-state index is 0.593. The maximum atomic E-state index is 5.71. The molecule has 0 spiro atoms. The normalized spacial score (nSPS) is 19.6. The van der Waals surface area contributed by atoms with Gasteiger partial charge in [-0.3, -0.25) is 0 Å². The Morgan fingerprint density at radius 1 is 1.43 bits per heavy atom. The van der Waals surface area contributed by atoms with Crippen LogP contribution in [0.2, 0.25) is 0 Å². The van der Waals surface area contributed by atoms with Crippen molar-refractivity contribution in [3.05, 3.63) is 29.3 Å². The van der Waals surface area contributed by atoms with E-state index < -0.39 is 0 Å². The van der Waals surface area contributed by atoms with Crippen LogP contribution in [0.1, 0.15) is 37.8 Å². The molecule has 1 heterocycles. The SMILES string of the molecule is CCc1ccc2c(c1)OCC2C(C)C. The van der Waals surface area contributed by atoms with Crippen molar-refractivity contribution in [1.29, 1.82) is 0 Å². The Balaban J connectivity index is 2.33. The summed E-state index contributed by atoms with van der Waals surface area (Å²) < 4.78 is 5.71. The first-order valence-corrected chi connectivity index (χ1v) is 5.48. The molecule has 1 aromatic rings. The lowest BCUT2D eigenvalue weighted by molar-refractivity contribution is 0.304. The van der Waals surface area contributed by atoms with Crippen molar-refractivity contribution in [1.82, 2.24) is 0 Å². The molecule has 1 unspecified atom stereocenters. The van der Waals surface area contributed by atoms with Gasteiger partial charge in [-0.2, -0.15) is 0 Å². The average Bonchev–Trinajstić information content (AvgIpc) is 2.59. The second-order valence-electron chi connectivity index (χ2n) is 4.39. The molecule has 0 saturated carbocycles. The number of ether oxygens (including phenoxy) is 1. The first-order valence-electron chi connectivity index (χ1n) is 5.48. The van der Waals surface area contributed by atoms with Gasteiger partial charge in [-0.1, -0.05) is 32.9 Å². The quantitative estimate of drug-likeness (QED) is 0.694. The molecule has 2 rings (SSSR count). The van der Waals surface area contributed by atoms with E-state index in [-0.39, 0.29) is 0 Å². The molecular weight excluding hydrogens is 172 g/mol. The summed E-state index contributed by atoms with van der Waals surface area (Å²) in [6.07, 6.45) is 1.09. The summed E-state index contributed by atoms with van der Waals surface area (Å²) in [5.41, 5.74) is 2.77. The van der Waals surface area contributed by atoms with Gasteiger partial charge in [0.25, 0.3) is 0 Å². The van der Waals surface area contributed by atoms with Crippen LogP contribution in [0.5, 0.6) is 5.75 Å². The predicted octanol–water partition coefficient (Wildman–Crippen LogP) is 3.38. The molecule has 0 N–H and O–H groups in total. The summed E-state index contributed by atoms with van der Waals surface area (Å²) in [5.74, 6) is 2.38. The maximum absolute atomic E-state index is 5.71. The third kappa shape index (κ3) is 1.52. The van der Waals surface area contributed by atoms with Gasteiger partial charge in [0.05, 0.1) is 6.61 Å². The van der Waals surface area contributed by atoms with Gasteiger partial charge in [0.2, 0.25) is 0 Å². The Labute approximate surface area is 86.1 Å². The molecule has 1 nitrogen and oxygen atoms in total. The lowest BCUT2D eigenvalue weighted by Gasteiger charge is -2.12. The van der Waals surface area contributed by atoms with Crippen LogP contribution in [-0.2, 0) is 6.42 Å². The van der Waals surface area contributed by atoms with Crippen LogP contribution >= 0.6 is 0 Å². The third-order valence-electron chi connectivity index (χ3n) is 3.11. The Morgan fingerprint density at radius 3 is 2.86 bits per heavy atom. The van der Waals surface area contributed by atoms with Gasteiger partial charge in [0, 0.05) is 11.5 Å². The second-order valence-corrected chi connectivity index (χ2v) is 4.39. The summed E-state index contributed by atoms with van der Waals surface area (Å²) in [6, 6.07) is 6.66. The highest BCUT2D eigenvalue weighted by atomic mass is 16.5. The first-order chi connectivity index (χ1) is 6.72. The van der Waals surface area contributed by atoms with E-state index in [1.807, 2.05) is 0 Å². The Bertz CT molecular complexity index is 328. The fourth-order valence-corrected chi connectivity index (χ4v) is 2.05. The van der Waals surface area contributed by atoms with Gasteiger partial charge in [0.1, 0.15) is 5.75 Å². The lowest BCUT2D eigenvalue weighted by atomic mass is 9.90. The van der Waals surface area contributed by atoms with Crippen molar-refractivity contribution in [2.24, 2.45) is 5.92 Å². The highest BCUT2D eigenvalue weighted by Gasteiger charge is 2.26. The minimum Gasteiger partial charge on any atom is -0.493 e. The molecule has 0 amide bonds. The molecule has 0 fully saturated rings. The zero-order chi connectivity index (χ0) is 10.1. The van der Waals surface area contributed by atoms with E-state index in [1.165, 1.54) is 11.1 Å². The lowest BCUT2D eigenvalue weighted by Crippen LogP contribution is -2.07. The van der Waals surface area contributed by atoms with E-state index in [9.17, 15) is 0 Å². The van der Waals surface area contributed by atoms with Crippen molar-refractivity contribution >= 4 is 0 Å². The van der Waals surface area contributed by atoms with E-state index >= 15 is 0 Å². The zero-order valence-electron chi connectivity index (χ0n) is 9.21. The van der Waals surface area contributed by atoms with Crippen LogP contribution in [0.15, 0.2) is 18.2 Å². The number of hydrogen-bond donors (Lipinski definition) is 0. The number of fused-ring (bicyclic) bond motifs is 1. The number of rotatable bonds is 2. The highest BCUT2D eigenvalue weighted by molar-refractivity contribution is 5.43. The molecule has 76 valence electrons. The van der Waals surface area contributed by atoms with Gasteiger partial charge in [-0.15, -0.1) is 0 Å². The summed E-state index contributed by atoms with van der Waals surface area (Å²) in [7, 11) is 0. The Hall–Kier alpha value is -0.980. The Morgan fingerprint density at radius 2 is 2.21 bits per heavy atom. The summed E-state index contributed by atoms with van der Waals surface area (Å²) in [6.45, 7) is 7.56. The zero-order valence-corrected chi connectivity index (χ0v) is 9.21. The summed E-state index contributed by atoms with van der Waals surface area (Å²) in [5, 5.41) is 0. The topological polar surface area (TPSA) is 9.23 Å². The fraction of sp³-hybridized carbons (Fsp3) is 0.538. The highest BCUT2D eigenvalue weighted by Crippen LogP contribution is 2.38. The number of aryl methyl sites for hydroxylation is 1. The molecule has 0 aliphatic carbocycles. The Kier molecular flexibility index (Phi) is 2.49. The minimum atomic E-state index is 0.593. The summed E-state index contributed by atoms with van der Waals surface area (Å²) >= 11 is 0. The van der Waals surface area contributed by atoms with Gasteiger partial charge >= 0.3 is 0 Å². The molecule has 1 heteroatoms. The van der Waals surface area contributed by atoms with Crippen molar-refractivity contribution in [2.45, 2.75) is 33.1 Å². The van der Waals surface area contributed by atoms with E-state index in [0.717, 1.165) is 18.8 Å². The molecule has 1 aliphatic rings. The smallest absolute Gasteiger partial charge is 0.123 e. The molecule has 1 aromatic carbocycles. The fourth-order valence-electron chi connectivity index (χ4n) is 2.05. The summed E-state index contributed by atoms with van der Waals surface area (Å²) in [4.78, 5) is 0. The average molecular weight is 190 g/mol. The third-order valence-corrected chi connectivity index (χ3v) is 3.11. The molecule has 1 atom stereocenters. The monoisotopic (exact) mass is 190 g/mol. The standard InChI is InChI=1S/C13H18O/c1-4-10-5-6-11-12(9(2)3)8-14-13(11)7-10/h5-7,9,12H,4,8H2,1-3H3.